The summed E-state index contributed by atoms with van der Waals surface area (Å²) >= 11 is 0. The van der Waals surface area contributed by atoms with Crippen LogP contribution in [0, 0.1) is 0 Å². The number of carboxylic acid groups (broad SMARTS) is 1. The number of rotatable bonds is 1. The van der Waals surface area contributed by atoms with Gasteiger partial charge in [-0.3, -0.25) is 0 Å². The SMILES string of the molecule is C=C.C=C(C)C(=O)O.[HH].[Li]. The Morgan fingerprint density at radius 3 is 1.67 bits per heavy atom. The third kappa shape index (κ3) is 18.5. The molecule has 9 heavy (non-hydrogen) atoms. The van der Waals surface area contributed by atoms with Gasteiger partial charge in [-0.15, -0.1) is 13.2 Å². The minimum atomic E-state index is -0.935. The van der Waals surface area contributed by atoms with Crippen LogP contribution in [0.5, 0.6) is 0 Å². The zero-order chi connectivity index (χ0) is 7.15. The molecule has 3 heteroatoms. The van der Waals surface area contributed by atoms with Crippen LogP contribution in [0.25, 0.3) is 0 Å². The van der Waals surface area contributed by atoms with Crippen LogP contribution in [0.15, 0.2) is 25.3 Å². The molecule has 0 fully saturated rings. The van der Waals surface area contributed by atoms with Crippen LogP contribution >= 0.6 is 0 Å². The van der Waals surface area contributed by atoms with Gasteiger partial charge < -0.3 is 5.11 Å². The Morgan fingerprint density at radius 2 is 1.67 bits per heavy atom. The van der Waals surface area contributed by atoms with Crippen molar-refractivity contribution < 1.29 is 11.3 Å². The molecule has 0 aromatic carbocycles. The van der Waals surface area contributed by atoms with E-state index in [1.807, 2.05) is 0 Å². The summed E-state index contributed by atoms with van der Waals surface area (Å²) in [5.41, 5.74) is 0.176. The molecule has 2 nitrogen and oxygen atoms in total. The molecule has 1 N–H and O–H groups in total. The van der Waals surface area contributed by atoms with Gasteiger partial charge >= 0.3 is 5.97 Å². The van der Waals surface area contributed by atoms with Gasteiger partial charge in [0.05, 0.1) is 0 Å². The van der Waals surface area contributed by atoms with Gasteiger partial charge in [-0.25, -0.2) is 4.79 Å². The standard InChI is InChI=1S/C4H6O2.C2H4.Li.H2/c1-3(2)4(5)6;1-2;;/h1H2,2H3,(H,5,6);1-2H2;;1H. The van der Waals surface area contributed by atoms with Crippen molar-refractivity contribution in [2.24, 2.45) is 0 Å². The number of aliphatic carboxylic acids is 1. The van der Waals surface area contributed by atoms with Gasteiger partial charge in [0.25, 0.3) is 0 Å². The molecule has 0 unspecified atom stereocenters. The molecule has 0 aliphatic carbocycles. The molecular weight excluding hydrogens is 111 g/mol. The van der Waals surface area contributed by atoms with Crippen molar-refractivity contribution in [2.75, 3.05) is 0 Å². The first kappa shape index (κ1) is 15.8. The van der Waals surface area contributed by atoms with E-state index in [0.717, 1.165) is 0 Å². The predicted octanol–water partition coefficient (Wildman–Crippen LogP) is 1.31. The fourth-order valence-electron chi connectivity index (χ4n) is 0. The molecule has 49 valence electrons. The summed E-state index contributed by atoms with van der Waals surface area (Å²) in [6, 6.07) is 0. The molecular formula is C6H12LiO2. The Hall–Kier alpha value is -0.453. The molecule has 0 aliphatic heterocycles. The first-order chi connectivity index (χ1) is 3.64. The maximum absolute atomic E-state index is 9.60. The van der Waals surface area contributed by atoms with E-state index in [4.69, 9.17) is 5.11 Å². The van der Waals surface area contributed by atoms with Gasteiger partial charge in [-0.05, 0) is 6.92 Å². The van der Waals surface area contributed by atoms with E-state index in [-0.39, 0.29) is 25.9 Å². The van der Waals surface area contributed by atoms with Crippen LogP contribution in [0.2, 0.25) is 0 Å². The third-order valence-corrected chi connectivity index (χ3v) is 0.365. The zero-order valence-corrected chi connectivity index (χ0v) is 5.98. The number of hydrogen-bond donors (Lipinski definition) is 1. The first-order valence-electron chi connectivity index (χ1n) is 2.03. The Bertz CT molecular complexity index is 91.9. The van der Waals surface area contributed by atoms with E-state index in [9.17, 15) is 4.79 Å². The molecule has 0 saturated carbocycles. The third-order valence-electron chi connectivity index (χ3n) is 0.365. The molecule has 0 amide bonds. The van der Waals surface area contributed by atoms with Crippen molar-refractivity contribution >= 4 is 24.8 Å². The summed E-state index contributed by atoms with van der Waals surface area (Å²) in [6.07, 6.45) is 0. The molecule has 0 rings (SSSR count). The largest absolute Gasteiger partial charge is 0.478 e. The Labute approximate surface area is 68.9 Å². The Balaban J connectivity index is -0.0000000412. The van der Waals surface area contributed by atoms with E-state index < -0.39 is 5.97 Å². The van der Waals surface area contributed by atoms with Crippen molar-refractivity contribution in [3.8, 4) is 0 Å². The summed E-state index contributed by atoms with van der Waals surface area (Å²) in [7, 11) is 0. The molecule has 0 aromatic heterocycles. The Kier molecular flexibility index (Phi) is 18.5. The number of carbonyl (C=O) groups is 1. The number of carboxylic acids is 1. The maximum atomic E-state index is 9.60. The molecule has 0 bridgehead atoms. The van der Waals surface area contributed by atoms with Crippen molar-refractivity contribution in [1.29, 1.82) is 0 Å². The summed E-state index contributed by atoms with van der Waals surface area (Å²) < 4.78 is 0. The topological polar surface area (TPSA) is 37.3 Å². The van der Waals surface area contributed by atoms with Crippen molar-refractivity contribution in [1.82, 2.24) is 0 Å². The van der Waals surface area contributed by atoms with E-state index in [1.165, 1.54) is 6.92 Å². The Morgan fingerprint density at radius 1 is 1.56 bits per heavy atom. The van der Waals surface area contributed by atoms with Crippen molar-refractivity contribution in [2.45, 2.75) is 6.92 Å². The van der Waals surface area contributed by atoms with Gasteiger partial charge in [-0.2, -0.15) is 0 Å². The van der Waals surface area contributed by atoms with Crippen LogP contribution in [0.4, 0.5) is 0 Å². The summed E-state index contributed by atoms with van der Waals surface area (Å²) in [4.78, 5) is 9.60. The average Bonchev–Trinajstić information content (AvgIpc) is 1.72. The first-order valence-corrected chi connectivity index (χ1v) is 2.03. The van der Waals surface area contributed by atoms with Crippen LogP contribution in [0.1, 0.15) is 8.35 Å². The van der Waals surface area contributed by atoms with Crippen LogP contribution in [0.3, 0.4) is 0 Å². The van der Waals surface area contributed by atoms with Gasteiger partial charge in [0.2, 0.25) is 0 Å². The van der Waals surface area contributed by atoms with Crippen LogP contribution in [-0.2, 0) is 4.79 Å². The van der Waals surface area contributed by atoms with Crippen molar-refractivity contribution in [3.05, 3.63) is 25.3 Å². The summed E-state index contributed by atoms with van der Waals surface area (Å²) in [5, 5.41) is 7.89. The van der Waals surface area contributed by atoms with Gasteiger partial charge in [-0.1, -0.05) is 6.58 Å². The maximum Gasteiger partial charge on any atom is 0.330 e. The quantitative estimate of drug-likeness (QED) is 0.324. The molecule has 0 aromatic rings. The van der Waals surface area contributed by atoms with Crippen molar-refractivity contribution in [3.63, 3.8) is 0 Å². The molecule has 0 atom stereocenters. The van der Waals surface area contributed by atoms with E-state index >= 15 is 0 Å². The van der Waals surface area contributed by atoms with E-state index in [2.05, 4.69) is 19.7 Å². The molecule has 0 heterocycles. The zero-order valence-electron chi connectivity index (χ0n) is 5.98. The molecule has 0 spiro atoms. The van der Waals surface area contributed by atoms with Gasteiger partial charge in [0.15, 0.2) is 0 Å². The minimum absolute atomic E-state index is 0. The van der Waals surface area contributed by atoms with E-state index in [0.29, 0.717) is 0 Å². The van der Waals surface area contributed by atoms with Gasteiger partial charge in [0.1, 0.15) is 0 Å². The molecule has 1 radical (unpaired) electrons. The summed E-state index contributed by atoms with van der Waals surface area (Å²) in [5.74, 6) is -0.935. The van der Waals surface area contributed by atoms with E-state index in [1.54, 1.807) is 0 Å². The van der Waals surface area contributed by atoms with Crippen LogP contribution in [-0.4, -0.2) is 29.9 Å². The molecule has 0 saturated heterocycles. The van der Waals surface area contributed by atoms with Gasteiger partial charge in [0, 0.05) is 25.9 Å². The predicted molar refractivity (Wildman–Crippen MR) is 41.6 cm³/mol. The second-order valence-corrected chi connectivity index (χ2v) is 1.09. The minimum Gasteiger partial charge on any atom is -0.478 e. The second kappa shape index (κ2) is 10.5. The fourth-order valence-corrected chi connectivity index (χ4v) is 0. The fraction of sp³-hybridized carbons (Fsp3) is 0.167. The second-order valence-electron chi connectivity index (χ2n) is 1.09. The normalized spacial score (nSPS) is 5.44. The average molecular weight is 123 g/mol. The van der Waals surface area contributed by atoms with Crippen LogP contribution < -0.4 is 0 Å². The summed E-state index contributed by atoms with van der Waals surface area (Å²) in [6.45, 7) is 10.6. The monoisotopic (exact) mass is 123 g/mol. The smallest absolute Gasteiger partial charge is 0.330 e. The number of hydrogen-bond acceptors (Lipinski definition) is 1. The molecule has 0 aliphatic rings.